The van der Waals surface area contributed by atoms with Crippen molar-refractivity contribution in [3.8, 4) is 11.1 Å². The van der Waals surface area contributed by atoms with Crippen LogP contribution in [-0.2, 0) is 12.4 Å². The van der Waals surface area contributed by atoms with E-state index in [0.717, 1.165) is 46.2 Å². The first-order valence-corrected chi connectivity index (χ1v) is 15.7. The molecule has 0 aliphatic heterocycles. The second-order valence-electron chi connectivity index (χ2n) is 11.7. The number of anilines is 6. The smallest absolute Gasteiger partial charge is 0.310 e. The molecule has 0 fully saturated rings. The molecule has 50 heavy (non-hydrogen) atoms. The third-order valence-corrected chi connectivity index (χ3v) is 8.47. The van der Waals surface area contributed by atoms with Gasteiger partial charge in [-0.15, -0.1) is 0 Å². The van der Waals surface area contributed by atoms with Crippen LogP contribution >= 0.6 is 0 Å². The number of hydrogen-bond donors (Lipinski definition) is 0. The molecule has 0 atom stereocenters. The number of hydrogen-bond acceptors (Lipinski definition) is 2. The van der Waals surface area contributed by atoms with Gasteiger partial charge in [-0.3, -0.25) is 0 Å². The standard InChI is InChI=1S/C42H28F6N2/c43-41(44,45)30-11-9-17-35(27-30)49(32-13-3-1-4-14-32)34-23-21-29(22-24-34)37-25-26-40(39-20-8-7-19-38(37)39)50(33-15-5-2-6-16-33)36-18-10-12-31(28-36)42(46,47)48/h1-28H. The molecule has 0 aliphatic carbocycles. The molecule has 0 spiro atoms. The van der Waals surface area contributed by atoms with Crippen LogP contribution in [0.3, 0.4) is 0 Å². The van der Waals surface area contributed by atoms with Crippen molar-refractivity contribution in [3.05, 3.63) is 181 Å². The topological polar surface area (TPSA) is 6.48 Å². The van der Waals surface area contributed by atoms with E-state index in [9.17, 15) is 26.3 Å². The van der Waals surface area contributed by atoms with Gasteiger partial charge in [-0.1, -0.05) is 91.0 Å². The number of alkyl halides is 6. The van der Waals surface area contributed by atoms with Gasteiger partial charge in [0.25, 0.3) is 0 Å². The Bertz CT molecular complexity index is 2250. The van der Waals surface area contributed by atoms with Gasteiger partial charge in [0.05, 0.1) is 16.8 Å². The maximum atomic E-state index is 13.8. The van der Waals surface area contributed by atoms with Crippen LogP contribution in [0, 0.1) is 0 Å². The third-order valence-electron chi connectivity index (χ3n) is 8.47. The van der Waals surface area contributed by atoms with Crippen molar-refractivity contribution in [2.75, 3.05) is 9.80 Å². The molecule has 0 amide bonds. The summed E-state index contributed by atoms with van der Waals surface area (Å²) in [5.74, 6) is 0. The fourth-order valence-corrected chi connectivity index (χ4v) is 6.19. The predicted molar refractivity (Wildman–Crippen MR) is 189 cm³/mol. The van der Waals surface area contributed by atoms with Crippen molar-refractivity contribution in [1.29, 1.82) is 0 Å². The summed E-state index contributed by atoms with van der Waals surface area (Å²) in [6, 6.07) is 48.0. The van der Waals surface area contributed by atoms with Crippen LogP contribution in [0.4, 0.5) is 60.5 Å². The van der Waals surface area contributed by atoms with Gasteiger partial charge in [-0.05, 0) is 95.4 Å². The maximum Gasteiger partial charge on any atom is 0.416 e. The average molecular weight is 675 g/mol. The summed E-state index contributed by atoms with van der Waals surface area (Å²) in [5.41, 5.74) is 3.76. The first kappa shape index (κ1) is 32.5. The van der Waals surface area contributed by atoms with E-state index in [1.165, 1.54) is 12.1 Å². The van der Waals surface area contributed by atoms with Gasteiger partial charge in [0.2, 0.25) is 0 Å². The predicted octanol–water partition coefficient (Wildman–Crippen LogP) is 13.5. The van der Waals surface area contributed by atoms with E-state index in [2.05, 4.69) is 0 Å². The van der Waals surface area contributed by atoms with E-state index in [1.54, 1.807) is 17.0 Å². The highest BCUT2D eigenvalue weighted by Gasteiger charge is 2.32. The summed E-state index contributed by atoms with van der Waals surface area (Å²) >= 11 is 0. The molecule has 0 unspecified atom stereocenters. The second-order valence-corrected chi connectivity index (χ2v) is 11.7. The first-order valence-electron chi connectivity index (χ1n) is 15.7. The minimum atomic E-state index is -4.51. The summed E-state index contributed by atoms with van der Waals surface area (Å²) in [7, 11) is 0. The van der Waals surface area contributed by atoms with Gasteiger partial charge in [-0.2, -0.15) is 26.3 Å². The van der Waals surface area contributed by atoms with Gasteiger partial charge in [-0.25, -0.2) is 0 Å². The summed E-state index contributed by atoms with van der Waals surface area (Å²) in [6.45, 7) is 0. The number of para-hydroxylation sites is 2. The van der Waals surface area contributed by atoms with Crippen LogP contribution in [0.5, 0.6) is 0 Å². The Kier molecular flexibility index (Phi) is 8.53. The summed E-state index contributed by atoms with van der Waals surface area (Å²) in [5, 5.41) is 1.70. The molecule has 0 aliphatic rings. The van der Waals surface area contributed by atoms with Gasteiger partial charge in [0.1, 0.15) is 0 Å². The lowest BCUT2D eigenvalue weighted by Gasteiger charge is -2.28. The summed E-state index contributed by atoms with van der Waals surface area (Å²) < 4.78 is 82.4. The van der Waals surface area contributed by atoms with Crippen molar-refractivity contribution >= 4 is 44.9 Å². The van der Waals surface area contributed by atoms with Crippen LogP contribution in [0.15, 0.2) is 170 Å². The zero-order chi connectivity index (χ0) is 34.9. The van der Waals surface area contributed by atoms with Gasteiger partial charge in [0, 0.05) is 33.8 Å². The quantitative estimate of drug-likeness (QED) is 0.155. The van der Waals surface area contributed by atoms with Gasteiger partial charge < -0.3 is 9.80 Å². The van der Waals surface area contributed by atoms with Crippen molar-refractivity contribution < 1.29 is 26.3 Å². The van der Waals surface area contributed by atoms with Crippen molar-refractivity contribution in [2.45, 2.75) is 12.4 Å². The van der Waals surface area contributed by atoms with Crippen molar-refractivity contribution in [2.24, 2.45) is 0 Å². The Labute approximate surface area is 285 Å². The molecule has 248 valence electrons. The molecule has 8 heteroatoms. The van der Waals surface area contributed by atoms with E-state index < -0.39 is 23.5 Å². The van der Waals surface area contributed by atoms with E-state index in [0.29, 0.717) is 34.1 Å². The third kappa shape index (κ3) is 6.52. The zero-order valence-corrected chi connectivity index (χ0v) is 26.3. The Balaban J connectivity index is 1.33. The first-order chi connectivity index (χ1) is 24.1. The number of nitrogens with zero attached hydrogens (tertiary/aromatic N) is 2. The Morgan fingerprint density at radius 2 is 0.780 bits per heavy atom. The Morgan fingerprint density at radius 1 is 0.340 bits per heavy atom. The number of halogens is 6. The lowest BCUT2D eigenvalue weighted by molar-refractivity contribution is -0.138. The molecule has 2 nitrogen and oxygen atoms in total. The molecule has 0 radical (unpaired) electrons. The molecule has 0 saturated carbocycles. The highest BCUT2D eigenvalue weighted by molar-refractivity contribution is 6.06. The van der Waals surface area contributed by atoms with Crippen LogP contribution in [0.25, 0.3) is 21.9 Å². The fraction of sp³-hybridized carbons (Fsp3) is 0.0476. The van der Waals surface area contributed by atoms with E-state index in [1.807, 2.05) is 126 Å². The molecular weight excluding hydrogens is 646 g/mol. The molecule has 7 aromatic carbocycles. The van der Waals surface area contributed by atoms with Crippen LogP contribution < -0.4 is 9.80 Å². The van der Waals surface area contributed by atoms with E-state index in [4.69, 9.17) is 0 Å². The number of fused-ring (bicyclic) bond motifs is 1. The minimum absolute atomic E-state index is 0.365. The van der Waals surface area contributed by atoms with E-state index >= 15 is 0 Å². The normalized spacial score (nSPS) is 11.8. The molecule has 0 N–H and O–H groups in total. The molecule has 0 aromatic heterocycles. The molecule has 7 aromatic rings. The van der Waals surface area contributed by atoms with Crippen LogP contribution in [0.2, 0.25) is 0 Å². The molecule has 7 rings (SSSR count). The minimum Gasteiger partial charge on any atom is -0.310 e. The van der Waals surface area contributed by atoms with Crippen LogP contribution in [-0.4, -0.2) is 0 Å². The highest BCUT2D eigenvalue weighted by atomic mass is 19.4. The zero-order valence-electron chi connectivity index (χ0n) is 26.3. The Hall–Kier alpha value is -6.02. The number of benzene rings is 7. The highest BCUT2D eigenvalue weighted by Crippen LogP contribution is 2.44. The largest absolute Gasteiger partial charge is 0.416 e. The van der Waals surface area contributed by atoms with Gasteiger partial charge >= 0.3 is 12.4 Å². The summed E-state index contributed by atoms with van der Waals surface area (Å²) in [6.07, 6.45) is -9.00. The summed E-state index contributed by atoms with van der Waals surface area (Å²) in [4.78, 5) is 3.59. The fourth-order valence-electron chi connectivity index (χ4n) is 6.19. The van der Waals surface area contributed by atoms with E-state index in [-0.39, 0.29) is 0 Å². The van der Waals surface area contributed by atoms with Crippen LogP contribution in [0.1, 0.15) is 11.1 Å². The molecular formula is C42H28F6N2. The lowest BCUT2D eigenvalue weighted by Crippen LogP contribution is -2.12. The average Bonchev–Trinajstić information content (AvgIpc) is 3.13. The monoisotopic (exact) mass is 674 g/mol. The van der Waals surface area contributed by atoms with Crippen molar-refractivity contribution in [3.63, 3.8) is 0 Å². The Morgan fingerprint density at radius 3 is 1.32 bits per heavy atom. The molecule has 0 heterocycles. The maximum absolute atomic E-state index is 13.8. The van der Waals surface area contributed by atoms with Crippen molar-refractivity contribution in [1.82, 2.24) is 0 Å². The molecule has 0 saturated heterocycles. The SMILES string of the molecule is FC(F)(F)c1cccc(N(c2ccccc2)c2ccc(-c3ccc(N(c4ccccc4)c4cccc(C(F)(F)F)c4)c4ccccc34)cc2)c1. The second kappa shape index (κ2) is 13.1. The number of rotatable bonds is 7. The van der Waals surface area contributed by atoms with Gasteiger partial charge in [0.15, 0.2) is 0 Å². The lowest BCUT2D eigenvalue weighted by atomic mass is 9.96. The molecule has 0 bridgehead atoms.